The van der Waals surface area contributed by atoms with Gasteiger partial charge in [-0.1, -0.05) is 59.6 Å². The zero-order chi connectivity index (χ0) is 20.9. The highest BCUT2D eigenvalue weighted by Gasteiger charge is 2.41. The van der Waals surface area contributed by atoms with Crippen LogP contribution in [0.1, 0.15) is 85.2 Å². The molecule has 0 spiro atoms. The lowest BCUT2D eigenvalue weighted by atomic mass is 10.1. The third-order valence-electron chi connectivity index (χ3n) is 5.78. The molecule has 0 aliphatic rings. The minimum absolute atomic E-state index is 0.0795. The number of rotatable bonds is 6. The molecular formula is C24H39NOSi. The molecule has 3 heteroatoms. The van der Waals surface area contributed by atoms with Crippen molar-refractivity contribution in [3.8, 4) is 11.5 Å². The Morgan fingerprint density at radius 2 is 1.26 bits per heavy atom. The summed E-state index contributed by atoms with van der Waals surface area (Å²) in [4.78, 5) is 15.2. The average Bonchev–Trinajstić information content (AvgIpc) is 2.53. The molecule has 1 amide bonds. The minimum atomic E-state index is -1.82. The Balaban J connectivity index is 3.49. The number of nitrogens with zero attached hydrogens (tertiary/aromatic N) is 1. The van der Waals surface area contributed by atoms with E-state index >= 15 is 0 Å². The molecule has 0 bridgehead atoms. The number of amides is 1. The van der Waals surface area contributed by atoms with E-state index in [1.807, 2.05) is 29.2 Å². The van der Waals surface area contributed by atoms with Crippen LogP contribution in [0.4, 0.5) is 0 Å². The zero-order valence-electron chi connectivity index (χ0n) is 19.1. The standard InChI is InChI=1S/C24H39NOSi/c1-17(2)25(18(3)4)24(26)23-14-12-11-13-22(23)15-16-27(19(5)6,20(7)8)21(9)10/h11-14,17-21H,1-10H3. The van der Waals surface area contributed by atoms with Gasteiger partial charge in [0.1, 0.15) is 8.07 Å². The van der Waals surface area contributed by atoms with Gasteiger partial charge in [-0.25, -0.2) is 0 Å². The van der Waals surface area contributed by atoms with Crippen LogP contribution in [0.5, 0.6) is 0 Å². The summed E-state index contributed by atoms with van der Waals surface area (Å²) >= 11 is 0. The monoisotopic (exact) mass is 385 g/mol. The number of benzene rings is 1. The fraction of sp³-hybridized carbons (Fsp3) is 0.625. The van der Waals surface area contributed by atoms with Gasteiger partial charge < -0.3 is 4.90 Å². The minimum Gasteiger partial charge on any atom is -0.334 e. The lowest BCUT2D eigenvalue weighted by Crippen LogP contribution is -2.43. The molecule has 0 N–H and O–H groups in total. The molecule has 0 fully saturated rings. The zero-order valence-corrected chi connectivity index (χ0v) is 20.1. The van der Waals surface area contributed by atoms with E-state index in [9.17, 15) is 4.79 Å². The van der Waals surface area contributed by atoms with Crippen LogP contribution in [0.2, 0.25) is 16.6 Å². The Morgan fingerprint density at radius 3 is 1.67 bits per heavy atom. The number of carbonyl (C=O) groups excluding carboxylic acids is 1. The van der Waals surface area contributed by atoms with Gasteiger partial charge in [0.15, 0.2) is 0 Å². The quantitative estimate of drug-likeness (QED) is 0.403. The molecule has 0 aliphatic carbocycles. The van der Waals surface area contributed by atoms with Crippen molar-refractivity contribution in [3.05, 3.63) is 35.4 Å². The molecule has 150 valence electrons. The largest absolute Gasteiger partial charge is 0.334 e. The Bertz CT molecular complexity index is 662. The van der Waals surface area contributed by atoms with Crippen LogP contribution in [0.3, 0.4) is 0 Å². The van der Waals surface area contributed by atoms with E-state index in [-0.39, 0.29) is 18.0 Å². The van der Waals surface area contributed by atoms with Gasteiger partial charge >= 0.3 is 0 Å². The van der Waals surface area contributed by atoms with Gasteiger partial charge in [0.2, 0.25) is 0 Å². The second-order valence-corrected chi connectivity index (χ2v) is 14.7. The molecule has 0 saturated heterocycles. The van der Waals surface area contributed by atoms with Crippen LogP contribution in [0, 0.1) is 11.5 Å². The van der Waals surface area contributed by atoms with Crippen LogP contribution < -0.4 is 0 Å². The topological polar surface area (TPSA) is 20.3 Å². The molecule has 2 nitrogen and oxygen atoms in total. The van der Waals surface area contributed by atoms with Gasteiger partial charge in [-0.05, 0) is 56.5 Å². The van der Waals surface area contributed by atoms with Gasteiger partial charge in [0.05, 0.1) is 5.56 Å². The maximum Gasteiger partial charge on any atom is 0.255 e. The van der Waals surface area contributed by atoms with Crippen LogP contribution >= 0.6 is 0 Å². The first-order valence-electron chi connectivity index (χ1n) is 10.4. The molecule has 0 aromatic heterocycles. The summed E-state index contributed by atoms with van der Waals surface area (Å²) in [7, 11) is -1.82. The van der Waals surface area contributed by atoms with Crippen molar-refractivity contribution in [1.29, 1.82) is 0 Å². The van der Waals surface area contributed by atoms with E-state index in [0.717, 1.165) is 11.1 Å². The molecule has 0 saturated carbocycles. The van der Waals surface area contributed by atoms with E-state index in [2.05, 4.69) is 80.7 Å². The highest BCUT2D eigenvalue weighted by Crippen LogP contribution is 2.40. The summed E-state index contributed by atoms with van der Waals surface area (Å²) in [5.41, 5.74) is 7.09. The van der Waals surface area contributed by atoms with Crippen LogP contribution in [-0.4, -0.2) is 31.0 Å². The fourth-order valence-corrected chi connectivity index (χ4v) is 9.81. The van der Waals surface area contributed by atoms with Crippen molar-refractivity contribution in [1.82, 2.24) is 4.90 Å². The Labute approximate surface area is 168 Å². The van der Waals surface area contributed by atoms with E-state index in [0.29, 0.717) is 16.6 Å². The highest BCUT2D eigenvalue weighted by atomic mass is 28.3. The van der Waals surface area contributed by atoms with Gasteiger partial charge in [-0.3, -0.25) is 4.79 Å². The number of hydrogen-bond acceptors (Lipinski definition) is 1. The maximum atomic E-state index is 13.2. The summed E-state index contributed by atoms with van der Waals surface area (Å²) in [5, 5.41) is 0. The Kier molecular flexibility index (Phi) is 8.36. The predicted molar refractivity (Wildman–Crippen MR) is 121 cm³/mol. The molecular weight excluding hydrogens is 346 g/mol. The van der Waals surface area contributed by atoms with Crippen LogP contribution in [-0.2, 0) is 0 Å². The Morgan fingerprint density at radius 1 is 0.815 bits per heavy atom. The molecule has 0 heterocycles. The fourth-order valence-electron chi connectivity index (χ4n) is 4.59. The molecule has 0 atom stereocenters. The van der Waals surface area contributed by atoms with Gasteiger partial charge in [-0.2, -0.15) is 0 Å². The first kappa shape index (κ1) is 23.5. The van der Waals surface area contributed by atoms with Gasteiger partial charge in [-0.15, -0.1) is 5.54 Å². The SMILES string of the molecule is CC(C)N(C(=O)c1ccccc1C#C[Si](C(C)C)(C(C)C)C(C)C)C(C)C. The summed E-state index contributed by atoms with van der Waals surface area (Å²) in [6.07, 6.45) is 0. The van der Waals surface area contributed by atoms with Gasteiger partial charge in [0.25, 0.3) is 5.91 Å². The summed E-state index contributed by atoms with van der Waals surface area (Å²) in [6, 6.07) is 8.17. The second-order valence-electron chi connectivity index (χ2n) is 9.09. The maximum absolute atomic E-state index is 13.2. The van der Waals surface area contributed by atoms with E-state index in [1.54, 1.807) is 0 Å². The van der Waals surface area contributed by atoms with Crippen molar-refractivity contribution in [2.75, 3.05) is 0 Å². The highest BCUT2D eigenvalue weighted by molar-refractivity contribution is 6.90. The van der Waals surface area contributed by atoms with E-state index in [4.69, 9.17) is 0 Å². The van der Waals surface area contributed by atoms with Crippen LogP contribution in [0.25, 0.3) is 0 Å². The summed E-state index contributed by atoms with van der Waals surface area (Å²) in [6.45, 7) is 22.2. The second kappa shape index (κ2) is 9.60. The molecule has 0 aliphatic heterocycles. The normalized spacial score (nSPS) is 12.1. The van der Waals surface area contributed by atoms with Crippen molar-refractivity contribution in [3.63, 3.8) is 0 Å². The lowest BCUT2D eigenvalue weighted by molar-refractivity contribution is 0.0643. The van der Waals surface area contributed by atoms with E-state index in [1.165, 1.54) is 0 Å². The average molecular weight is 386 g/mol. The van der Waals surface area contributed by atoms with Crippen molar-refractivity contribution in [2.45, 2.75) is 97.9 Å². The molecule has 1 aromatic carbocycles. The van der Waals surface area contributed by atoms with Crippen molar-refractivity contribution in [2.24, 2.45) is 0 Å². The third-order valence-corrected chi connectivity index (χ3v) is 12.1. The molecule has 1 rings (SSSR count). The van der Waals surface area contributed by atoms with Crippen molar-refractivity contribution >= 4 is 14.0 Å². The summed E-state index contributed by atoms with van der Waals surface area (Å²) in [5.74, 6) is 3.56. The first-order valence-corrected chi connectivity index (χ1v) is 12.6. The molecule has 0 radical (unpaired) electrons. The third kappa shape index (κ3) is 5.05. The Hall–Kier alpha value is -1.53. The molecule has 1 aromatic rings. The number of hydrogen-bond donors (Lipinski definition) is 0. The lowest BCUT2D eigenvalue weighted by Gasteiger charge is -2.38. The van der Waals surface area contributed by atoms with Crippen molar-refractivity contribution < 1.29 is 4.79 Å². The smallest absolute Gasteiger partial charge is 0.255 e. The van der Waals surface area contributed by atoms with E-state index < -0.39 is 8.07 Å². The predicted octanol–water partition coefficient (Wildman–Crippen LogP) is 6.52. The molecule has 27 heavy (non-hydrogen) atoms. The van der Waals surface area contributed by atoms with Crippen LogP contribution in [0.15, 0.2) is 24.3 Å². The number of carbonyl (C=O) groups is 1. The first-order chi connectivity index (χ1) is 12.5. The summed E-state index contributed by atoms with van der Waals surface area (Å²) < 4.78 is 0. The van der Waals surface area contributed by atoms with Gasteiger partial charge in [0, 0.05) is 17.6 Å². The molecule has 0 unspecified atom stereocenters.